The summed E-state index contributed by atoms with van der Waals surface area (Å²) in [6.07, 6.45) is 5.17. The van der Waals surface area contributed by atoms with Crippen LogP contribution >= 0.6 is 0 Å². The van der Waals surface area contributed by atoms with E-state index in [-0.39, 0.29) is 16.6 Å². The van der Waals surface area contributed by atoms with Crippen LogP contribution in [0.2, 0.25) is 0 Å². The Balaban J connectivity index is 2.16. The van der Waals surface area contributed by atoms with Crippen LogP contribution in [0.5, 0.6) is 0 Å². The molecule has 1 aliphatic carbocycles. The Morgan fingerprint density at radius 3 is 2.50 bits per heavy atom. The van der Waals surface area contributed by atoms with Gasteiger partial charge in [0.05, 0.1) is 5.25 Å². The monoisotopic (exact) mass is 301 g/mol. The summed E-state index contributed by atoms with van der Waals surface area (Å²) in [5, 5.41) is 3.00. The minimum Gasteiger partial charge on any atom is -0.316 e. The van der Waals surface area contributed by atoms with Crippen molar-refractivity contribution in [3.05, 3.63) is 0 Å². The average Bonchev–Trinajstić information content (AvgIpc) is 2.87. The van der Waals surface area contributed by atoms with E-state index < -0.39 is 9.84 Å². The number of ketones is 1. The van der Waals surface area contributed by atoms with Gasteiger partial charge in [0, 0.05) is 24.1 Å². The summed E-state index contributed by atoms with van der Waals surface area (Å²) in [6, 6.07) is 0. The molecule has 0 radical (unpaired) electrons. The fraction of sp³-hybridized carbons (Fsp3) is 0.933. The van der Waals surface area contributed by atoms with Crippen molar-refractivity contribution in [3.8, 4) is 0 Å². The number of carbonyl (C=O) groups excluding carboxylic acids is 1. The van der Waals surface area contributed by atoms with Gasteiger partial charge < -0.3 is 5.32 Å². The maximum Gasteiger partial charge on any atom is 0.150 e. The summed E-state index contributed by atoms with van der Waals surface area (Å²) < 4.78 is 23.5. The zero-order chi connectivity index (χ0) is 15.0. The molecule has 5 heteroatoms. The molecule has 20 heavy (non-hydrogen) atoms. The van der Waals surface area contributed by atoms with Crippen molar-refractivity contribution >= 4 is 15.6 Å². The molecule has 0 aromatic rings. The van der Waals surface area contributed by atoms with E-state index in [1.807, 2.05) is 0 Å². The third-order valence-corrected chi connectivity index (χ3v) is 7.03. The predicted molar refractivity (Wildman–Crippen MR) is 80.4 cm³/mol. The molecule has 0 spiro atoms. The van der Waals surface area contributed by atoms with Gasteiger partial charge in [-0.2, -0.15) is 0 Å². The number of hydrogen-bond donors (Lipinski definition) is 1. The molecule has 0 aromatic carbocycles. The number of carbonyl (C=O) groups is 1. The van der Waals surface area contributed by atoms with Crippen LogP contribution in [0.15, 0.2) is 0 Å². The standard InChI is InChI=1S/C15H27NO3S/c1-11(2)15(7-8-16-10-15)14(17)12-5-4-6-13(9-12)20(3,18)19/h11-13,16H,4-10H2,1-3H3. The topological polar surface area (TPSA) is 63.2 Å². The van der Waals surface area contributed by atoms with Crippen LogP contribution in [-0.4, -0.2) is 38.8 Å². The maximum absolute atomic E-state index is 13.0. The number of hydrogen-bond acceptors (Lipinski definition) is 4. The van der Waals surface area contributed by atoms with Gasteiger partial charge in [-0.3, -0.25) is 4.79 Å². The first-order valence-electron chi connectivity index (χ1n) is 7.71. The van der Waals surface area contributed by atoms with Gasteiger partial charge in [0.15, 0.2) is 0 Å². The minimum atomic E-state index is -3.02. The molecule has 4 nitrogen and oxygen atoms in total. The van der Waals surface area contributed by atoms with Gasteiger partial charge in [-0.15, -0.1) is 0 Å². The summed E-state index contributed by atoms with van der Waals surface area (Å²) in [5.74, 6) is 0.556. The first kappa shape index (κ1) is 16.0. The van der Waals surface area contributed by atoms with Crippen LogP contribution in [-0.2, 0) is 14.6 Å². The normalized spacial score (nSPS) is 35.4. The highest BCUT2D eigenvalue weighted by Crippen LogP contribution is 2.41. The molecular weight excluding hydrogens is 274 g/mol. The van der Waals surface area contributed by atoms with Crippen LogP contribution in [0, 0.1) is 17.3 Å². The Labute approximate surface area is 122 Å². The molecule has 0 bridgehead atoms. The third kappa shape index (κ3) is 2.93. The second-order valence-corrected chi connectivity index (χ2v) is 9.24. The highest BCUT2D eigenvalue weighted by Gasteiger charge is 2.47. The summed E-state index contributed by atoms with van der Waals surface area (Å²) >= 11 is 0. The van der Waals surface area contributed by atoms with Crippen LogP contribution in [0.25, 0.3) is 0 Å². The number of rotatable bonds is 4. The van der Waals surface area contributed by atoms with Crippen molar-refractivity contribution in [1.29, 1.82) is 0 Å². The molecular formula is C15H27NO3S. The average molecular weight is 301 g/mol. The molecule has 116 valence electrons. The van der Waals surface area contributed by atoms with E-state index in [9.17, 15) is 13.2 Å². The van der Waals surface area contributed by atoms with Crippen molar-refractivity contribution in [2.45, 2.75) is 51.2 Å². The Morgan fingerprint density at radius 1 is 1.30 bits per heavy atom. The lowest BCUT2D eigenvalue weighted by Gasteiger charge is -2.37. The molecule has 1 aliphatic heterocycles. The van der Waals surface area contributed by atoms with Gasteiger partial charge in [0.2, 0.25) is 0 Å². The predicted octanol–water partition coefficient (Wildman–Crippen LogP) is 1.79. The summed E-state index contributed by atoms with van der Waals surface area (Å²) in [7, 11) is -3.02. The molecule has 1 saturated carbocycles. The molecule has 3 atom stereocenters. The van der Waals surface area contributed by atoms with E-state index >= 15 is 0 Å². The van der Waals surface area contributed by atoms with Crippen molar-refractivity contribution in [2.24, 2.45) is 17.3 Å². The summed E-state index contributed by atoms with van der Waals surface area (Å²) in [5.41, 5.74) is -0.274. The van der Waals surface area contributed by atoms with Crippen LogP contribution in [0.1, 0.15) is 46.0 Å². The van der Waals surface area contributed by atoms with E-state index in [1.165, 1.54) is 6.26 Å². The van der Waals surface area contributed by atoms with E-state index in [0.717, 1.165) is 38.8 Å². The smallest absolute Gasteiger partial charge is 0.150 e. The Bertz CT molecular complexity index is 464. The van der Waals surface area contributed by atoms with Gasteiger partial charge in [0.1, 0.15) is 15.6 Å². The second kappa shape index (κ2) is 5.76. The van der Waals surface area contributed by atoms with Gasteiger partial charge in [-0.1, -0.05) is 20.3 Å². The number of nitrogens with one attached hydrogen (secondary N) is 1. The fourth-order valence-electron chi connectivity index (χ4n) is 3.88. The zero-order valence-corrected chi connectivity index (χ0v) is 13.6. The van der Waals surface area contributed by atoms with Crippen LogP contribution in [0.4, 0.5) is 0 Å². The van der Waals surface area contributed by atoms with E-state index in [0.29, 0.717) is 18.1 Å². The molecule has 1 heterocycles. The number of sulfone groups is 1. The molecule has 2 fully saturated rings. The molecule has 2 rings (SSSR count). The highest BCUT2D eigenvalue weighted by molar-refractivity contribution is 7.91. The first-order valence-corrected chi connectivity index (χ1v) is 9.67. The molecule has 0 amide bonds. The SMILES string of the molecule is CC(C)C1(C(=O)C2CCCC(S(C)(=O)=O)C2)CCNC1. The maximum atomic E-state index is 13.0. The molecule has 2 aliphatic rings. The highest BCUT2D eigenvalue weighted by atomic mass is 32.2. The van der Waals surface area contributed by atoms with Crippen molar-refractivity contribution in [3.63, 3.8) is 0 Å². The van der Waals surface area contributed by atoms with Gasteiger partial charge >= 0.3 is 0 Å². The lowest BCUT2D eigenvalue weighted by atomic mass is 9.67. The first-order chi connectivity index (χ1) is 9.27. The van der Waals surface area contributed by atoms with Gasteiger partial charge in [-0.25, -0.2) is 8.42 Å². The van der Waals surface area contributed by atoms with Gasteiger partial charge in [0.25, 0.3) is 0 Å². The lowest BCUT2D eigenvalue weighted by Crippen LogP contribution is -2.44. The fourth-order valence-corrected chi connectivity index (χ4v) is 5.05. The molecule has 1 N–H and O–H groups in total. The minimum absolute atomic E-state index is 0.0641. The lowest BCUT2D eigenvalue weighted by molar-refractivity contribution is -0.135. The third-order valence-electron chi connectivity index (χ3n) is 5.39. The Kier molecular flexibility index (Phi) is 4.59. The van der Waals surface area contributed by atoms with Crippen LogP contribution in [0.3, 0.4) is 0 Å². The second-order valence-electron chi connectivity index (χ2n) is 6.92. The summed E-state index contributed by atoms with van der Waals surface area (Å²) in [6.45, 7) is 5.87. The zero-order valence-electron chi connectivity index (χ0n) is 12.8. The Morgan fingerprint density at radius 2 is 2.00 bits per heavy atom. The van der Waals surface area contributed by atoms with Crippen molar-refractivity contribution in [2.75, 3.05) is 19.3 Å². The number of Topliss-reactive ketones (excluding diaryl/α,β-unsaturated/α-hetero) is 1. The largest absolute Gasteiger partial charge is 0.316 e. The van der Waals surface area contributed by atoms with E-state index in [1.54, 1.807) is 0 Å². The molecule has 0 aromatic heterocycles. The van der Waals surface area contributed by atoms with Gasteiger partial charge in [-0.05, 0) is 38.1 Å². The molecule has 1 saturated heterocycles. The van der Waals surface area contributed by atoms with E-state index in [4.69, 9.17) is 0 Å². The van der Waals surface area contributed by atoms with E-state index in [2.05, 4.69) is 19.2 Å². The van der Waals surface area contributed by atoms with Crippen molar-refractivity contribution < 1.29 is 13.2 Å². The van der Waals surface area contributed by atoms with Crippen molar-refractivity contribution in [1.82, 2.24) is 5.32 Å². The quantitative estimate of drug-likeness (QED) is 0.860. The Hall–Kier alpha value is -0.420. The molecule has 3 unspecified atom stereocenters. The summed E-state index contributed by atoms with van der Waals surface area (Å²) in [4.78, 5) is 13.0. The van der Waals surface area contributed by atoms with Crippen LogP contribution < -0.4 is 5.32 Å².